The highest BCUT2D eigenvalue weighted by molar-refractivity contribution is 5.35. The normalized spacial score (nSPS) is 20.5. The maximum Gasteiger partial charge on any atom is 0.0181 e. The molecule has 0 fully saturated rings. The minimum atomic E-state index is 0.108. The van der Waals surface area contributed by atoms with Crippen LogP contribution in [-0.2, 0) is 0 Å². The number of hydrogen-bond donors (Lipinski definition) is 1. The van der Waals surface area contributed by atoms with Crippen LogP contribution in [0.3, 0.4) is 0 Å². The summed E-state index contributed by atoms with van der Waals surface area (Å²) < 4.78 is 0. The molecule has 0 bridgehead atoms. The Morgan fingerprint density at radius 2 is 2.27 bits per heavy atom. The van der Waals surface area contributed by atoms with Gasteiger partial charge >= 0.3 is 0 Å². The Labute approximate surface area is 136 Å². The van der Waals surface area contributed by atoms with Gasteiger partial charge in [-0.15, -0.1) is 12.3 Å². The van der Waals surface area contributed by atoms with E-state index < -0.39 is 0 Å². The van der Waals surface area contributed by atoms with Crippen molar-refractivity contribution in [1.29, 1.82) is 0 Å². The first kappa shape index (κ1) is 18.3. The van der Waals surface area contributed by atoms with Gasteiger partial charge in [0.05, 0.1) is 0 Å². The van der Waals surface area contributed by atoms with E-state index in [1.807, 2.05) is 6.08 Å². The molecule has 1 nitrogen and oxygen atoms in total. The van der Waals surface area contributed by atoms with Crippen molar-refractivity contribution in [3.63, 3.8) is 0 Å². The van der Waals surface area contributed by atoms with E-state index in [9.17, 15) is 0 Å². The van der Waals surface area contributed by atoms with Gasteiger partial charge in [0.1, 0.15) is 0 Å². The molecule has 0 saturated heterocycles. The van der Waals surface area contributed by atoms with Gasteiger partial charge in [0.15, 0.2) is 0 Å². The van der Waals surface area contributed by atoms with E-state index in [-0.39, 0.29) is 5.41 Å². The van der Waals surface area contributed by atoms with Crippen LogP contribution >= 0.6 is 0 Å². The Hall–Kier alpha value is -1.72. The molecule has 0 spiro atoms. The topological polar surface area (TPSA) is 12.0 Å². The van der Waals surface area contributed by atoms with Crippen molar-refractivity contribution >= 4 is 0 Å². The molecule has 0 aromatic rings. The van der Waals surface area contributed by atoms with Crippen LogP contribution in [0.25, 0.3) is 0 Å². The summed E-state index contributed by atoms with van der Waals surface area (Å²) >= 11 is 0. The van der Waals surface area contributed by atoms with E-state index in [4.69, 9.17) is 0 Å². The molecular weight excluding hydrogens is 266 g/mol. The molecule has 0 heterocycles. The quantitative estimate of drug-likeness (QED) is 0.303. The monoisotopic (exact) mass is 297 g/mol. The smallest absolute Gasteiger partial charge is 0.0181 e. The zero-order valence-electron chi connectivity index (χ0n) is 14.4. The highest BCUT2D eigenvalue weighted by atomic mass is 14.9. The maximum absolute atomic E-state index is 4.11. The summed E-state index contributed by atoms with van der Waals surface area (Å²) in [6.45, 7) is 17.2. The minimum Gasteiger partial charge on any atom is -0.388 e. The molecule has 0 saturated carbocycles. The summed E-state index contributed by atoms with van der Waals surface area (Å²) in [6.07, 6.45) is 15.1. The van der Waals surface area contributed by atoms with Crippen LogP contribution in [0.2, 0.25) is 0 Å². The minimum absolute atomic E-state index is 0.108. The lowest BCUT2D eigenvalue weighted by molar-refractivity contribution is 0.487. The first-order valence-electron chi connectivity index (χ1n) is 8.35. The molecule has 120 valence electrons. The van der Waals surface area contributed by atoms with Crippen molar-refractivity contribution < 1.29 is 0 Å². The van der Waals surface area contributed by atoms with E-state index in [2.05, 4.69) is 62.9 Å². The molecule has 1 N–H and O–H groups in total. The number of unbranched alkanes of at least 4 members (excludes halogenated alkanes) is 1. The second-order valence-corrected chi connectivity index (χ2v) is 6.21. The summed E-state index contributed by atoms with van der Waals surface area (Å²) in [5.41, 5.74) is 6.97. The lowest BCUT2D eigenvalue weighted by Gasteiger charge is -2.32. The summed E-state index contributed by atoms with van der Waals surface area (Å²) in [5, 5.41) is 3.46. The Morgan fingerprint density at radius 1 is 1.50 bits per heavy atom. The predicted molar refractivity (Wildman–Crippen MR) is 98.7 cm³/mol. The van der Waals surface area contributed by atoms with Crippen molar-refractivity contribution in [2.75, 3.05) is 6.54 Å². The lowest BCUT2D eigenvalue weighted by atomic mass is 9.73. The van der Waals surface area contributed by atoms with E-state index in [1.165, 1.54) is 11.1 Å². The second kappa shape index (κ2) is 9.33. The molecule has 0 amide bonds. The van der Waals surface area contributed by atoms with E-state index in [0.29, 0.717) is 0 Å². The number of nitrogens with one attached hydrogen (secondary N) is 1. The summed E-state index contributed by atoms with van der Waals surface area (Å²) in [4.78, 5) is 0. The number of allylic oxidation sites excluding steroid dienone is 6. The van der Waals surface area contributed by atoms with Crippen molar-refractivity contribution in [3.8, 4) is 0 Å². The van der Waals surface area contributed by atoms with Crippen molar-refractivity contribution in [1.82, 2.24) is 5.32 Å². The molecule has 1 aliphatic carbocycles. The molecule has 0 radical (unpaired) electrons. The molecule has 22 heavy (non-hydrogen) atoms. The molecular formula is C21H31N. The third-order valence-corrected chi connectivity index (χ3v) is 4.48. The van der Waals surface area contributed by atoms with Crippen LogP contribution in [0.15, 0.2) is 66.6 Å². The van der Waals surface area contributed by atoms with Crippen LogP contribution < -0.4 is 5.32 Å². The molecule has 1 atom stereocenters. The van der Waals surface area contributed by atoms with Gasteiger partial charge in [-0.3, -0.25) is 0 Å². The Balaban J connectivity index is 2.45. The summed E-state index contributed by atoms with van der Waals surface area (Å²) in [5.74, 6) is 0. The largest absolute Gasteiger partial charge is 0.388 e. The van der Waals surface area contributed by atoms with E-state index in [0.717, 1.165) is 50.8 Å². The van der Waals surface area contributed by atoms with Gasteiger partial charge in [0, 0.05) is 17.7 Å². The third kappa shape index (κ3) is 5.58. The fourth-order valence-corrected chi connectivity index (χ4v) is 2.72. The van der Waals surface area contributed by atoms with Gasteiger partial charge < -0.3 is 5.32 Å². The Morgan fingerprint density at radius 3 is 2.91 bits per heavy atom. The highest BCUT2D eigenvalue weighted by Gasteiger charge is 2.26. The Kier molecular flexibility index (Phi) is 7.77. The zero-order valence-corrected chi connectivity index (χ0v) is 14.4. The molecule has 0 aromatic heterocycles. The fourth-order valence-electron chi connectivity index (χ4n) is 2.72. The molecule has 1 rings (SSSR count). The van der Waals surface area contributed by atoms with Gasteiger partial charge in [-0.1, -0.05) is 56.4 Å². The van der Waals surface area contributed by atoms with Crippen molar-refractivity contribution in [3.05, 3.63) is 66.6 Å². The molecule has 1 unspecified atom stereocenters. The van der Waals surface area contributed by atoms with Crippen LogP contribution in [0.4, 0.5) is 0 Å². The van der Waals surface area contributed by atoms with E-state index in [1.54, 1.807) is 0 Å². The van der Waals surface area contributed by atoms with Crippen LogP contribution in [-0.4, -0.2) is 6.54 Å². The number of hydrogen-bond acceptors (Lipinski definition) is 1. The predicted octanol–water partition coefficient (Wildman–Crippen LogP) is 5.85. The Bertz CT molecular complexity index is 500. The fraction of sp³-hybridized carbons (Fsp3) is 0.476. The van der Waals surface area contributed by atoms with Gasteiger partial charge in [-0.2, -0.15) is 0 Å². The molecule has 1 aliphatic rings. The molecule has 0 aromatic carbocycles. The zero-order chi connectivity index (χ0) is 16.4. The van der Waals surface area contributed by atoms with Crippen molar-refractivity contribution in [2.24, 2.45) is 5.41 Å². The molecule has 0 aliphatic heterocycles. The maximum atomic E-state index is 4.11. The first-order chi connectivity index (χ1) is 10.6. The molecule has 1 heteroatoms. The second-order valence-electron chi connectivity index (χ2n) is 6.21. The average Bonchev–Trinajstić information content (AvgIpc) is 2.53. The summed E-state index contributed by atoms with van der Waals surface area (Å²) in [6, 6.07) is 0. The SMILES string of the molecule is C=C=CCCCC(=C)NCCC1=CC(CC)=CCC1(C)C=C. The van der Waals surface area contributed by atoms with Gasteiger partial charge in [-0.05, 0) is 44.6 Å². The van der Waals surface area contributed by atoms with E-state index >= 15 is 0 Å². The van der Waals surface area contributed by atoms with Crippen LogP contribution in [0, 0.1) is 5.41 Å². The lowest BCUT2D eigenvalue weighted by Crippen LogP contribution is -2.23. The third-order valence-electron chi connectivity index (χ3n) is 4.48. The standard InChI is InChI=1S/C21H31N/c1-6-9-10-11-12-18(4)22-16-14-20-17-19(7-2)13-15-21(20,5)8-3/h8-9,13,17,22H,1,3-4,7,10-12,14-16H2,2,5H3. The highest BCUT2D eigenvalue weighted by Crippen LogP contribution is 2.39. The first-order valence-corrected chi connectivity index (χ1v) is 8.35. The summed E-state index contributed by atoms with van der Waals surface area (Å²) in [7, 11) is 0. The number of rotatable bonds is 10. The van der Waals surface area contributed by atoms with Gasteiger partial charge in [0.2, 0.25) is 0 Å². The van der Waals surface area contributed by atoms with Gasteiger partial charge in [0.25, 0.3) is 0 Å². The van der Waals surface area contributed by atoms with Crippen LogP contribution in [0.5, 0.6) is 0 Å². The van der Waals surface area contributed by atoms with Gasteiger partial charge in [-0.25, -0.2) is 0 Å². The average molecular weight is 297 g/mol. The van der Waals surface area contributed by atoms with Crippen LogP contribution in [0.1, 0.15) is 52.4 Å². The van der Waals surface area contributed by atoms with Crippen molar-refractivity contribution in [2.45, 2.75) is 52.4 Å².